The molecule has 70 valence electrons. The van der Waals surface area contributed by atoms with E-state index in [1.165, 1.54) is 12.8 Å². The van der Waals surface area contributed by atoms with Gasteiger partial charge < -0.3 is 0 Å². The van der Waals surface area contributed by atoms with Crippen molar-refractivity contribution in [3.05, 3.63) is 12.8 Å². The third kappa shape index (κ3) is 3.02. The van der Waals surface area contributed by atoms with Crippen LogP contribution in [-0.4, -0.2) is 9.65 Å². The molecule has 0 spiro atoms. The van der Waals surface area contributed by atoms with Crippen molar-refractivity contribution in [3.63, 3.8) is 0 Å². The molecule has 0 bridgehead atoms. The van der Waals surface area contributed by atoms with E-state index in [9.17, 15) is 0 Å². The van der Waals surface area contributed by atoms with Gasteiger partial charge in [-0.15, -0.1) is 0 Å². The van der Waals surface area contributed by atoms with E-state index in [0.29, 0.717) is 9.65 Å². The topological polar surface area (TPSA) is 0 Å². The second kappa shape index (κ2) is 4.99. The van der Waals surface area contributed by atoms with E-state index in [4.69, 9.17) is 0 Å². The zero-order chi connectivity index (χ0) is 9.14. The molecule has 1 rings (SSSR count). The maximum atomic E-state index is 3.63. The van der Waals surface area contributed by atoms with Gasteiger partial charge in [0, 0.05) is 9.65 Å². The lowest BCUT2D eigenvalue weighted by atomic mass is 9.80. The first-order chi connectivity index (χ1) is 5.61. The van der Waals surface area contributed by atoms with Crippen LogP contribution >= 0.6 is 31.9 Å². The number of alkyl halides is 2. The first kappa shape index (κ1) is 11.0. The molecule has 0 aromatic carbocycles. The number of halogens is 2. The van der Waals surface area contributed by atoms with Gasteiger partial charge in [0.15, 0.2) is 0 Å². The third-order valence-corrected chi connectivity index (χ3v) is 3.96. The van der Waals surface area contributed by atoms with Crippen LogP contribution in [0.5, 0.6) is 0 Å². The SMILES string of the molecule is CC(Br)C1[CH]CC(C(C)Br)[CH]C1. The molecule has 1 aliphatic carbocycles. The van der Waals surface area contributed by atoms with Crippen LogP contribution in [0.3, 0.4) is 0 Å². The largest absolute Gasteiger partial charge is 0.0891 e. The normalized spacial score (nSPS) is 36.0. The van der Waals surface area contributed by atoms with Gasteiger partial charge >= 0.3 is 0 Å². The molecule has 1 saturated carbocycles. The van der Waals surface area contributed by atoms with E-state index in [0.717, 1.165) is 11.8 Å². The van der Waals surface area contributed by atoms with Gasteiger partial charge in [-0.3, -0.25) is 0 Å². The molecular weight excluding hydrogens is 280 g/mol. The summed E-state index contributed by atoms with van der Waals surface area (Å²) in [6, 6.07) is 0. The fourth-order valence-electron chi connectivity index (χ4n) is 1.61. The third-order valence-electron chi connectivity index (χ3n) is 2.60. The summed E-state index contributed by atoms with van der Waals surface area (Å²) in [4.78, 5) is 1.25. The van der Waals surface area contributed by atoms with Crippen LogP contribution in [0.4, 0.5) is 0 Å². The van der Waals surface area contributed by atoms with Gasteiger partial charge in [0.1, 0.15) is 0 Å². The number of hydrogen-bond acceptors (Lipinski definition) is 0. The highest BCUT2D eigenvalue weighted by Crippen LogP contribution is 2.35. The first-order valence-electron chi connectivity index (χ1n) is 4.56. The van der Waals surface area contributed by atoms with Crippen molar-refractivity contribution in [2.24, 2.45) is 11.8 Å². The average molecular weight is 296 g/mol. The Morgan fingerprint density at radius 1 is 1.00 bits per heavy atom. The van der Waals surface area contributed by atoms with E-state index in [-0.39, 0.29) is 0 Å². The minimum atomic E-state index is 0.625. The predicted octanol–water partition coefficient (Wildman–Crippen LogP) is 3.99. The van der Waals surface area contributed by atoms with Crippen molar-refractivity contribution < 1.29 is 0 Å². The monoisotopic (exact) mass is 294 g/mol. The first-order valence-corrected chi connectivity index (χ1v) is 6.39. The molecule has 0 nitrogen and oxygen atoms in total. The molecule has 2 heteroatoms. The zero-order valence-electron chi connectivity index (χ0n) is 7.63. The Labute approximate surface area is 92.8 Å². The van der Waals surface area contributed by atoms with Crippen LogP contribution in [0, 0.1) is 24.7 Å². The van der Waals surface area contributed by atoms with Crippen LogP contribution in [0.15, 0.2) is 0 Å². The summed E-state index contributed by atoms with van der Waals surface area (Å²) in [5.41, 5.74) is 0. The highest BCUT2D eigenvalue weighted by atomic mass is 79.9. The molecule has 0 aliphatic heterocycles. The molecule has 0 amide bonds. The van der Waals surface area contributed by atoms with Crippen molar-refractivity contribution in [2.45, 2.75) is 36.3 Å². The lowest BCUT2D eigenvalue weighted by molar-refractivity contribution is 0.427. The van der Waals surface area contributed by atoms with Gasteiger partial charge in [-0.05, 0) is 37.5 Å². The van der Waals surface area contributed by atoms with Gasteiger partial charge in [-0.25, -0.2) is 0 Å². The predicted molar refractivity (Wildman–Crippen MR) is 61.6 cm³/mol. The Hall–Kier alpha value is 0.960. The molecule has 0 N–H and O–H groups in total. The van der Waals surface area contributed by atoms with Gasteiger partial charge in [0.2, 0.25) is 0 Å². The summed E-state index contributed by atoms with van der Waals surface area (Å²) in [6.45, 7) is 4.46. The van der Waals surface area contributed by atoms with Crippen LogP contribution in [-0.2, 0) is 0 Å². The fourth-order valence-corrected chi connectivity index (χ4v) is 2.47. The van der Waals surface area contributed by atoms with Crippen molar-refractivity contribution in [3.8, 4) is 0 Å². The molecule has 0 aromatic heterocycles. The van der Waals surface area contributed by atoms with E-state index in [2.05, 4.69) is 58.5 Å². The van der Waals surface area contributed by atoms with E-state index in [1.807, 2.05) is 0 Å². The number of rotatable bonds is 2. The highest BCUT2D eigenvalue weighted by molar-refractivity contribution is 9.09. The molecule has 4 atom stereocenters. The minimum absolute atomic E-state index is 0.625. The highest BCUT2D eigenvalue weighted by Gasteiger charge is 2.26. The van der Waals surface area contributed by atoms with Crippen LogP contribution in [0.2, 0.25) is 0 Å². The molecule has 0 saturated heterocycles. The summed E-state index contributed by atoms with van der Waals surface area (Å²) in [5, 5.41) is 0. The van der Waals surface area contributed by atoms with E-state index >= 15 is 0 Å². The van der Waals surface area contributed by atoms with Crippen LogP contribution in [0.25, 0.3) is 0 Å². The Balaban J connectivity index is 2.30. The van der Waals surface area contributed by atoms with Crippen LogP contribution in [0.1, 0.15) is 26.7 Å². The molecule has 1 aliphatic rings. The summed E-state index contributed by atoms with van der Waals surface area (Å²) >= 11 is 7.26. The summed E-state index contributed by atoms with van der Waals surface area (Å²) in [6.07, 6.45) is 7.38. The molecule has 4 unspecified atom stereocenters. The quantitative estimate of drug-likeness (QED) is 0.676. The summed E-state index contributed by atoms with van der Waals surface area (Å²) < 4.78 is 0. The Morgan fingerprint density at radius 3 is 1.50 bits per heavy atom. The number of hydrogen-bond donors (Lipinski definition) is 0. The van der Waals surface area contributed by atoms with Crippen molar-refractivity contribution in [1.82, 2.24) is 0 Å². The molecule has 12 heavy (non-hydrogen) atoms. The Bertz CT molecular complexity index is 108. The molecular formula is C10H16Br2. The zero-order valence-corrected chi connectivity index (χ0v) is 10.8. The molecule has 0 heterocycles. The second-order valence-electron chi connectivity index (χ2n) is 3.63. The lowest BCUT2D eigenvalue weighted by Crippen LogP contribution is -2.24. The van der Waals surface area contributed by atoms with E-state index < -0.39 is 0 Å². The average Bonchev–Trinajstić information content (AvgIpc) is 2.04. The molecule has 2 radical (unpaired) electrons. The Kier molecular flexibility index (Phi) is 4.59. The summed E-state index contributed by atoms with van der Waals surface area (Å²) in [7, 11) is 0. The van der Waals surface area contributed by atoms with Gasteiger partial charge in [-0.1, -0.05) is 45.7 Å². The maximum Gasteiger partial charge on any atom is 0.0148 e. The van der Waals surface area contributed by atoms with Crippen LogP contribution < -0.4 is 0 Å². The lowest BCUT2D eigenvalue weighted by Gasteiger charge is -2.30. The van der Waals surface area contributed by atoms with Gasteiger partial charge in [-0.2, -0.15) is 0 Å². The molecule has 1 fully saturated rings. The second-order valence-corrected chi connectivity index (χ2v) is 6.51. The summed E-state index contributed by atoms with van der Waals surface area (Å²) in [5.74, 6) is 1.49. The van der Waals surface area contributed by atoms with Gasteiger partial charge in [0.05, 0.1) is 0 Å². The van der Waals surface area contributed by atoms with Crippen molar-refractivity contribution in [1.29, 1.82) is 0 Å². The van der Waals surface area contributed by atoms with Crippen molar-refractivity contribution in [2.75, 3.05) is 0 Å². The molecule has 0 aromatic rings. The smallest absolute Gasteiger partial charge is 0.0148 e. The standard InChI is InChI=1S/C10H16Br2/c1-7(11)9-3-5-10(6-4-9)8(2)12/h3,6-10H,4-5H2,1-2H3. The van der Waals surface area contributed by atoms with Crippen molar-refractivity contribution >= 4 is 31.9 Å². The fraction of sp³-hybridized carbons (Fsp3) is 0.800. The van der Waals surface area contributed by atoms with E-state index in [1.54, 1.807) is 0 Å². The maximum absolute atomic E-state index is 3.63. The minimum Gasteiger partial charge on any atom is -0.0891 e. The Morgan fingerprint density at radius 2 is 1.33 bits per heavy atom. The van der Waals surface area contributed by atoms with Gasteiger partial charge in [0.25, 0.3) is 0 Å².